The maximum Gasteiger partial charge on any atom is 0.223 e. The van der Waals surface area contributed by atoms with Crippen LogP contribution >= 0.6 is 0 Å². The summed E-state index contributed by atoms with van der Waals surface area (Å²) >= 11 is 0. The molecule has 0 spiro atoms. The minimum Gasteiger partial charge on any atom is -0.503 e. The molecule has 5 rings (SSSR count). The van der Waals surface area contributed by atoms with Crippen molar-refractivity contribution >= 4 is 0 Å². The lowest BCUT2D eigenvalue weighted by atomic mass is 9.83. The van der Waals surface area contributed by atoms with Crippen molar-refractivity contribution in [3.8, 4) is 17.3 Å². The highest BCUT2D eigenvalue weighted by Gasteiger charge is 2.35. The van der Waals surface area contributed by atoms with E-state index in [4.69, 9.17) is 0 Å². The number of aromatic hydroxyl groups is 1. The molecule has 5 heteroatoms. The lowest BCUT2D eigenvalue weighted by Gasteiger charge is -2.36. The zero-order valence-corrected chi connectivity index (χ0v) is 16.8. The van der Waals surface area contributed by atoms with Crippen LogP contribution in [0.1, 0.15) is 35.7 Å². The molecule has 4 aromatic rings. The first-order valence-electron chi connectivity index (χ1n) is 10.3. The second-order valence-electron chi connectivity index (χ2n) is 7.69. The Hall–Kier alpha value is -3.60. The fourth-order valence-electron chi connectivity index (χ4n) is 4.62. The lowest BCUT2D eigenvalue weighted by molar-refractivity contribution is 0.360. The van der Waals surface area contributed by atoms with E-state index >= 15 is 0 Å². The molecule has 0 amide bonds. The van der Waals surface area contributed by atoms with Crippen LogP contribution in [0.5, 0.6) is 5.75 Å². The zero-order chi connectivity index (χ0) is 20.7. The summed E-state index contributed by atoms with van der Waals surface area (Å²) in [6.07, 6.45) is 4.47. The summed E-state index contributed by atoms with van der Waals surface area (Å²) in [5.74, 6) is 0.461. The van der Waals surface area contributed by atoms with Gasteiger partial charge in [0.1, 0.15) is 5.69 Å². The number of nitrogens with zero attached hydrogens (tertiary/aromatic N) is 3. The number of imidazole rings is 1. The van der Waals surface area contributed by atoms with E-state index in [-0.39, 0.29) is 23.1 Å². The summed E-state index contributed by atoms with van der Waals surface area (Å²) < 4.78 is 4.18. The third-order valence-corrected chi connectivity index (χ3v) is 6.04. The van der Waals surface area contributed by atoms with Crippen LogP contribution in [-0.4, -0.2) is 19.2 Å². The van der Waals surface area contributed by atoms with Crippen molar-refractivity contribution < 1.29 is 5.11 Å². The smallest absolute Gasteiger partial charge is 0.223 e. The minimum absolute atomic E-state index is 0.0247. The molecule has 5 nitrogen and oxygen atoms in total. The van der Waals surface area contributed by atoms with Gasteiger partial charge >= 0.3 is 0 Å². The van der Waals surface area contributed by atoms with Gasteiger partial charge < -0.3 is 14.2 Å². The number of hydrogen-bond acceptors (Lipinski definition) is 3. The molecule has 1 unspecified atom stereocenters. The van der Waals surface area contributed by atoms with Crippen molar-refractivity contribution in [2.45, 2.75) is 31.8 Å². The first-order valence-corrected chi connectivity index (χ1v) is 10.3. The molecular formula is C25H23N3O2. The van der Waals surface area contributed by atoms with Crippen molar-refractivity contribution in [1.82, 2.24) is 14.1 Å². The van der Waals surface area contributed by atoms with Gasteiger partial charge in [-0.25, -0.2) is 4.98 Å². The van der Waals surface area contributed by atoms with Gasteiger partial charge in [-0.1, -0.05) is 67.6 Å². The SMILES string of the molecule is CCc1cnc2n1CC(C(c1ccccc1)c1ccccc1)n1ccc(=O)c(O)c1-2. The van der Waals surface area contributed by atoms with Crippen LogP contribution < -0.4 is 5.43 Å². The minimum atomic E-state index is -0.384. The molecule has 0 saturated carbocycles. The molecule has 0 fully saturated rings. The highest BCUT2D eigenvalue weighted by molar-refractivity contribution is 5.62. The Morgan fingerprint density at radius 1 is 1.03 bits per heavy atom. The predicted molar refractivity (Wildman–Crippen MR) is 117 cm³/mol. The number of aromatic nitrogens is 3. The van der Waals surface area contributed by atoms with Crippen LogP contribution in [0, 0.1) is 0 Å². The topological polar surface area (TPSA) is 60.0 Å². The van der Waals surface area contributed by atoms with E-state index in [2.05, 4.69) is 65.0 Å². The van der Waals surface area contributed by atoms with E-state index in [1.807, 2.05) is 22.9 Å². The van der Waals surface area contributed by atoms with Crippen molar-refractivity contribution in [2.75, 3.05) is 0 Å². The van der Waals surface area contributed by atoms with Gasteiger partial charge in [0.15, 0.2) is 11.6 Å². The average Bonchev–Trinajstić information content (AvgIpc) is 3.20. The molecule has 1 atom stereocenters. The number of hydrogen-bond donors (Lipinski definition) is 1. The second kappa shape index (κ2) is 7.34. The first kappa shape index (κ1) is 18.4. The molecule has 30 heavy (non-hydrogen) atoms. The van der Waals surface area contributed by atoms with Gasteiger partial charge in [-0.15, -0.1) is 0 Å². The maximum absolute atomic E-state index is 12.3. The molecular weight excluding hydrogens is 374 g/mol. The van der Waals surface area contributed by atoms with Crippen molar-refractivity contribution in [2.24, 2.45) is 0 Å². The molecule has 1 N–H and O–H groups in total. The van der Waals surface area contributed by atoms with Gasteiger partial charge in [0, 0.05) is 36.6 Å². The summed E-state index contributed by atoms with van der Waals surface area (Å²) in [5.41, 5.74) is 3.59. The quantitative estimate of drug-likeness (QED) is 0.556. The fraction of sp³-hybridized carbons (Fsp3) is 0.200. The lowest BCUT2D eigenvalue weighted by Crippen LogP contribution is -2.31. The molecule has 0 aliphatic carbocycles. The third-order valence-electron chi connectivity index (χ3n) is 6.04. The van der Waals surface area contributed by atoms with Crippen molar-refractivity contribution in [1.29, 1.82) is 0 Å². The van der Waals surface area contributed by atoms with E-state index in [9.17, 15) is 9.90 Å². The molecule has 0 saturated heterocycles. The summed E-state index contributed by atoms with van der Waals surface area (Å²) in [4.78, 5) is 16.8. The number of aryl methyl sites for hydroxylation is 1. The highest BCUT2D eigenvalue weighted by atomic mass is 16.3. The molecule has 0 radical (unpaired) electrons. The number of pyridine rings is 1. The van der Waals surface area contributed by atoms with Gasteiger partial charge in [0.05, 0.1) is 6.04 Å². The Morgan fingerprint density at radius 2 is 1.67 bits per heavy atom. The summed E-state index contributed by atoms with van der Waals surface area (Å²) in [6, 6.07) is 22.2. The first-order chi connectivity index (χ1) is 14.7. The van der Waals surface area contributed by atoms with Crippen LogP contribution in [0.2, 0.25) is 0 Å². The largest absolute Gasteiger partial charge is 0.503 e. The molecule has 2 aromatic heterocycles. The maximum atomic E-state index is 12.3. The molecule has 150 valence electrons. The van der Waals surface area contributed by atoms with E-state index in [0.29, 0.717) is 18.1 Å². The summed E-state index contributed by atoms with van der Waals surface area (Å²) in [5, 5.41) is 10.7. The second-order valence-corrected chi connectivity index (χ2v) is 7.69. The Labute approximate surface area is 174 Å². The van der Waals surface area contributed by atoms with E-state index in [1.54, 1.807) is 6.20 Å². The van der Waals surface area contributed by atoms with Crippen molar-refractivity contribution in [3.63, 3.8) is 0 Å². The van der Waals surface area contributed by atoms with Gasteiger partial charge in [-0.2, -0.15) is 0 Å². The van der Waals surface area contributed by atoms with Gasteiger partial charge in [0.2, 0.25) is 5.43 Å². The van der Waals surface area contributed by atoms with Crippen LogP contribution in [0.4, 0.5) is 0 Å². The number of rotatable bonds is 4. The average molecular weight is 397 g/mol. The summed E-state index contributed by atoms with van der Waals surface area (Å²) in [7, 11) is 0. The molecule has 3 heterocycles. The Balaban J connectivity index is 1.77. The van der Waals surface area contributed by atoms with Crippen LogP contribution in [0.15, 0.2) is 83.9 Å². The highest BCUT2D eigenvalue weighted by Crippen LogP contribution is 2.43. The van der Waals surface area contributed by atoms with Crippen LogP contribution in [0.25, 0.3) is 11.5 Å². The van der Waals surface area contributed by atoms with Gasteiger partial charge in [-0.3, -0.25) is 4.79 Å². The Bertz CT molecular complexity index is 1200. The number of benzene rings is 2. The van der Waals surface area contributed by atoms with E-state index < -0.39 is 0 Å². The molecule has 1 aliphatic heterocycles. The standard InChI is InChI=1S/C25H23N3O2/c1-2-19-15-26-25-23-24(30)21(29)13-14-27(23)20(16-28(19)25)22(17-9-5-3-6-10-17)18-11-7-4-8-12-18/h3-15,20,22,30H,2,16H2,1H3. The molecule has 2 aromatic carbocycles. The Kier molecular flexibility index (Phi) is 4.51. The van der Waals surface area contributed by atoms with Gasteiger partial charge in [-0.05, 0) is 17.5 Å². The molecule has 1 aliphatic rings. The number of fused-ring (bicyclic) bond motifs is 3. The summed E-state index contributed by atoms with van der Waals surface area (Å²) in [6.45, 7) is 2.81. The normalized spacial score (nSPS) is 15.1. The van der Waals surface area contributed by atoms with Crippen LogP contribution in [0.3, 0.4) is 0 Å². The van der Waals surface area contributed by atoms with E-state index in [1.165, 1.54) is 17.2 Å². The predicted octanol–water partition coefficient (Wildman–Crippen LogP) is 4.37. The fourth-order valence-corrected chi connectivity index (χ4v) is 4.62. The third kappa shape index (κ3) is 2.86. The zero-order valence-electron chi connectivity index (χ0n) is 16.8. The van der Waals surface area contributed by atoms with Crippen molar-refractivity contribution in [3.05, 3.63) is 106 Å². The van der Waals surface area contributed by atoms with Gasteiger partial charge in [0.25, 0.3) is 0 Å². The Morgan fingerprint density at radius 3 is 2.27 bits per heavy atom. The van der Waals surface area contributed by atoms with E-state index in [0.717, 1.165) is 12.1 Å². The van der Waals surface area contributed by atoms with Crippen LogP contribution in [-0.2, 0) is 13.0 Å². The molecule has 0 bridgehead atoms. The monoisotopic (exact) mass is 397 g/mol.